The highest BCUT2D eigenvalue weighted by molar-refractivity contribution is 6.06. The highest BCUT2D eigenvalue weighted by Gasteiger charge is 2.16. The Morgan fingerprint density at radius 1 is 1.25 bits per heavy atom. The number of nitrogens with one attached hydrogen (secondary N) is 1. The van der Waals surface area contributed by atoms with Crippen LogP contribution in [0.15, 0.2) is 48.7 Å². The first-order valence-corrected chi connectivity index (χ1v) is 6.12. The van der Waals surface area contributed by atoms with Gasteiger partial charge in [0.05, 0.1) is 0 Å². The van der Waals surface area contributed by atoms with Gasteiger partial charge in [-0.2, -0.15) is 0 Å². The number of pyridine rings is 1. The molecule has 1 amide bonds. The predicted molar refractivity (Wildman–Crippen MR) is 75.2 cm³/mol. The Balaban J connectivity index is 1.96. The van der Waals surface area contributed by atoms with Gasteiger partial charge in [-0.3, -0.25) is 9.69 Å². The Bertz CT molecular complexity index is 767. The van der Waals surface area contributed by atoms with Gasteiger partial charge in [0.2, 0.25) is 0 Å². The van der Waals surface area contributed by atoms with Crippen molar-refractivity contribution < 1.29 is 9.18 Å². The molecule has 20 heavy (non-hydrogen) atoms. The topological polar surface area (TPSA) is 49.0 Å². The number of hydrogen-bond acceptors (Lipinski definition) is 2. The van der Waals surface area contributed by atoms with E-state index in [4.69, 9.17) is 0 Å². The van der Waals surface area contributed by atoms with Gasteiger partial charge in [0.15, 0.2) is 0 Å². The van der Waals surface area contributed by atoms with Crippen LogP contribution in [-0.2, 0) is 0 Å². The minimum Gasteiger partial charge on any atom is -0.350 e. The molecular formula is C15H12FN3O. The molecule has 0 bridgehead atoms. The predicted octanol–water partition coefficient (Wildman–Crippen LogP) is 2.98. The number of anilines is 1. The van der Waals surface area contributed by atoms with Crippen molar-refractivity contribution in [3.05, 3.63) is 60.2 Å². The monoisotopic (exact) mass is 269 g/mol. The van der Waals surface area contributed by atoms with Crippen LogP contribution in [0, 0.1) is 5.82 Å². The van der Waals surface area contributed by atoms with E-state index in [9.17, 15) is 9.18 Å². The molecule has 4 nitrogen and oxygen atoms in total. The van der Waals surface area contributed by atoms with Gasteiger partial charge in [-0.25, -0.2) is 9.37 Å². The van der Waals surface area contributed by atoms with E-state index < -0.39 is 0 Å². The number of rotatable bonds is 2. The number of carbonyl (C=O) groups excluding carboxylic acids is 1. The third-order valence-corrected chi connectivity index (χ3v) is 3.11. The van der Waals surface area contributed by atoms with Crippen molar-refractivity contribution in [1.29, 1.82) is 0 Å². The number of hydrogen-bond donors (Lipinski definition) is 1. The summed E-state index contributed by atoms with van der Waals surface area (Å²) in [5.41, 5.74) is 1.00. The highest BCUT2D eigenvalue weighted by Crippen LogP contribution is 2.19. The number of carbonyl (C=O) groups is 1. The van der Waals surface area contributed by atoms with Gasteiger partial charge in [0.1, 0.15) is 17.3 Å². The molecule has 100 valence electrons. The van der Waals surface area contributed by atoms with Crippen molar-refractivity contribution in [3.8, 4) is 0 Å². The molecule has 0 atom stereocenters. The third-order valence-electron chi connectivity index (χ3n) is 3.11. The average Bonchev–Trinajstić information content (AvgIpc) is 2.89. The van der Waals surface area contributed by atoms with E-state index in [2.05, 4.69) is 9.97 Å². The summed E-state index contributed by atoms with van der Waals surface area (Å²) in [6.07, 6.45) is 1.62. The number of fused-ring (bicyclic) bond motifs is 1. The summed E-state index contributed by atoms with van der Waals surface area (Å²) in [6, 6.07) is 11.4. The molecule has 1 N–H and O–H groups in total. The molecule has 0 aliphatic carbocycles. The smallest absolute Gasteiger partial charge is 0.275 e. The van der Waals surface area contributed by atoms with Crippen molar-refractivity contribution in [2.24, 2.45) is 0 Å². The molecule has 0 aliphatic rings. The lowest BCUT2D eigenvalue weighted by Crippen LogP contribution is -2.27. The minimum atomic E-state index is -0.337. The van der Waals surface area contributed by atoms with E-state index in [0.717, 1.165) is 5.39 Å². The molecule has 1 aromatic carbocycles. The first kappa shape index (κ1) is 12.3. The van der Waals surface area contributed by atoms with Gasteiger partial charge in [-0.05, 0) is 36.4 Å². The van der Waals surface area contributed by atoms with Crippen LogP contribution in [0.5, 0.6) is 0 Å². The van der Waals surface area contributed by atoms with Gasteiger partial charge in [0.25, 0.3) is 5.91 Å². The van der Waals surface area contributed by atoms with Crippen molar-refractivity contribution in [1.82, 2.24) is 9.97 Å². The zero-order valence-electron chi connectivity index (χ0n) is 10.8. The number of nitrogens with zero attached hydrogens (tertiary/aromatic N) is 2. The normalized spacial score (nSPS) is 10.7. The van der Waals surface area contributed by atoms with E-state index in [1.54, 1.807) is 37.5 Å². The summed E-state index contributed by atoms with van der Waals surface area (Å²) >= 11 is 0. The Hall–Kier alpha value is -2.69. The first-order chi connectivity index (χ1) is 9.65. The second-order valence-corrected chi connectivity index (χ2v) is 4.47. The molecule has 0 saturated carbocycles. The SMILES string of the molecule is CN(C(=O)c1cc2ccc(F)cc2[nH]1)c1ccccn1. The Labute approximate surface area is 114 Å². The molecule has 3 rings (SSSR count). The summed E-state index contributed by atoms with van der Waals surface area (Å²) in [4.78, 5) is 20.9. The van der Waals surface area contributed by atoms with Crippen LogP contribution in [0.25, 0.3) is 10.9 Å². The lowest BCUT2D eigenvalue weighted by atomic mass is 10.2. The number of halogens is 1. The standard InChI is InChI=1S/C15H12FN3O/c1-19(14-4-2-3-7-17-14)15(20)13-8-10-5-6-11(16)9-12(10)18-13/h2-9,18H,1H3. The largest absolute Gasteiger partial charge is 0.350 e. The maximum absolute atomic E-state index is 13.1. The fourth-order valence-electron chi connectivity index (χ4n) is 2.05. The summed E-state index contributed by atoms with van der Waals surface area (Å²) in [6.45, 7) is 0. The molecule has 2 heterocycles. The van der Waals surface area contributed by atoms with E-state index in [0.29, 0.717) is 17.0 Å². The van der Waals surface area contributed by atoms with Crippen LogP contribution >= 0.6 is 0 Å². The van der Waals surface area contributed by atoms with E-state index in [1.165, 1.54) is 17.0 Å². The lowest BCUT2D eigenvalue weighted by Gasteiger charge is -2.14. The number of H-pyrrole nitrogens is 1. The Morgan fingerprint density at radius 3 is 2.85 bits per heavy atom. The Kier molecular flexibility index (Phi) is 2.95. The second-order valence-electron chi connectivity index (χ2n) is 4.47. The molecule has 0 spiro atoms. The van der Waals surface area contributed by atoms with Crippen LogP contribution in [-0.4, -0.2) is 22.9 Å². The molecule has 0 saturated heterocycles. The molecule has 0 aliphatic heterocycles. The molecule has 5 heteroatoms. The fourth-order valence-corrected chi connectivity index (χ4v) is 2.05. The fraction of sp³-hybridized carbons (Fsp3) is 0.0667. The molecule has 3 aromatic rings. The molecule has 2 aromatic heterocycles. The van der Waals surface area contributed by atoms with E-state index in [-0.39, 0.29) is 11.7 Å². The van der Waals surface area contributed by atoms with Gasteiger partial charge in [-0.15, -0.1) is 0 Å². The van der Waals surface area contributed by atoms with Crippen molar-refractivity contribution in [2.75, 3.05) is 11.9 Å². The summed E-state index contributed by atoms with van der Waals surface area (Å²) < 4.78 is 13.1. The second kappa shape index (κ2) is 4.77. The zero-order chi connectivity index (χ0) is 14.1. The number of aromatic nitrogens is 2. The molecular weight excluding hydrogens is 257 g/mol. The summed E-state index contributed by atoms with van der Waals surface area (Å²) in [5, 5.41) is 0.796. The number of amides is 1. The molecule has 0 fully saturated rings. The van der Waals surface area contributed by atoms with Crippen molar-refractivity contribution in [3.63, 3.8) is 0 Å². The van der Waals surface area contributed by atoms with Gasteiger partial charge >= 0.3 is 0 Å². The van der Waals surface area contributed by atoms with E-state index in [1.807, 2.05) is 6.07 Å². The van der Waals surface area contributed by atoms with E-state index >= 15 is 0 Å². The maximum Gasteiger partial charge on any atom is 0.275 e. The molecule has 0 unspecified atom stereocenters. The van der Waals surface area contributed by atoms with Crippen LogP contribution < -0.4 is 4.90 Å². The zero-order valence-corrected chi connectivity index (χ0v) is 10.8. The van der Waals surface area contributed by atoms with Gasteiger partial charge in [0, 0.05) is 24.1 Å². The van der Waals surface area contributed by atoms with Crippen LogP contribution in [0.3, 0.4) is 0 Å². The van der Waals surface area contributed by atoms with Crippen LogP contribution in [0.4, 0.5) is 10.2 Å². The molecule has 0 radical (unpaired) electrons. The summed E-state index contributed by atoms with van der Waals surface area (Å²) in [5.74, 6) is -0.000857. The van der Waals surface area contributed by atoms with Crippen molar-refractivity contribution >= 4 is 22.6 Å². The average molecular weight is 269 g/mol. The number of benzene rings is 1. The first-order valence-electron chi connectivity index (χ1n) is 6.12. The van der Waals surface area contributed by atoms with Gasteiger partial charge in [-0.1, -0.05) is 6.07 Å². The van der Waals surface area contributed by atoms with Gasteiger partial charge < -0.3 is 4.98 Å². The third kappa shape index (κ3) is 2.14. The summed E-state index contributed by atoms with van der Waals surface area (Å²) in [7, 11) is 1.65. The quantitative estimate of drug-likeness (QED) is 0.777. The number of aromatic amines is 1. The highest BCUT2D eigenvalue weighted by atomic mass is 19.1. The maximum atomic E-state index is 13.1. The lowest BCUT2D eigenvalue weighted by molar-refractivity contribution is 0.0988. The Morgan fingerprint density at radius 2 is 2.10 bits per heavy atom. The van der Waals surface area contributed by atoms with Crippen LogP contribution in [0.1, 0.15) is 10.5 Å². The van der Waals surface area contributed by atoms with Crippen molar-refractivity contribution in [2.45, 2.75) is 0 Å². The van der Waals surface area contributed by atoms with Crippen LogP contribution in [0.2, 0.25) is 0 Å². The minimum absolute atomic E-state index is 0.222.